The molecule has 0 bridgehead atoms. The summed E-state index contributed by atoms with van der Waals surface area (Å²) in [5.74, 6) is 0.250. The molecule has 1 aromatic rings. The van der Waals surface area contributed by atoms with Crippen molar-refractivity contribution in [2.75, 3.05) is 13.1 Å². The first-order valence-corrected chi connectivity index (χ1v) is 6.29. The van der Waals surface area contributed by atoms with Crippen LogP contribution in [0.5, 0.6) is 0 Å². The fourth-order valence-corrected chi connectivity index (χ4v) is 3.40. The van der Waals surface area contributed by atoms with Crippen LogP contribution in [0.2, 0.25) is 0 Å². The topological polar surface area (TPSA) is 46.3 Å². The van der Waals surface area contributed by atoms with Crippen molar-refractivity contribution in [3.8, 4) is 0 Å². The van der Waals surface area contributed by atoms with E-state index in [-0.39, 0.29) is 17.4 Å². The molecule has 1 aliphatic carbocycles. The van der Waals surface area contributed by atoms with Crippen LogP contribution in [-0.4, -0.2) is 29.9 Å². The average molecular weight is 230 g/mol. The second-order valence-electron chi connectivity index (χ2n) is 5.21. The highest BCUT2D eigenvalue weighted by Gasteiger charge is 2.52. The molecule has 1 amide bonds. The van der Waals surface area contributed by atoms with Crippen LogP contribution < -0.4 is 5.73 Å². The fourth-order valence-electron chi connectivity index (χ4n) is 3.40. The minimum absolute atomic E-state index is 0.0837. The lowest BCUT2D eigenvalue weighted by atomic mass is 9.78. The van der Waals surface area contributed by atoms with Gasteiger partial charge in [-0.25, -0.2) is 0 Å². The predicted molar refractivity (Wildman–Crippen MR) is 66.7 cm³/mol. The van der Waals surface area contributed by atoms with Crippen molar-refractivity contribution in [2.24, 2.45) is 5.73 Å². The van der Waals surface area contributed by atoms with Gasteiger partial charge in [0.05, 0.1) is 0 Å². The molecule has 1 aromatic carbocycles. The van der Waals surface area contributed by atoms with Gasteiger partial charge in [0.1, 0.15) is 0 Å². The maximum absolute atomic E-state index is 12.0. The number of hydrogen-bond donors (Lipinski definition) is 1. The quantitative estimate of drug-likeness (QED) is 0.784. The van der Waals surface area contributed by atoms with E-state index in [1.807, 2.05) is 11.8 Å². The molecular formula is C14H18N2O. The Hall–Kier alpha value is -1.35. The van der Waals surface area contributed by atoms with E-state index in [1.54, 1.807) is 0 Å². The highest BCUT2D eigenvalue weighted by Crippen LogP contribution is 2.44. The summed E-state index contributed by atoms with van der Waals surface area (Å²) < 4.78 is 0. The molecule has 1 aliphatic heterocycles. The smallest absolute Gasteiger partial charge is 0.223 e. The molecule has 1 fully saturated rings. The molecule has 3 heteroatoms. The first-order valence-electron chi connectivity index (χ1n) is 6.29. The van der Waals surface area contributed by atoms with Crippen LogP contribution in [0.25, 0.3) is 0 Å². The molecule has 0 saturated carbocycles. The molecule has 1 saturated heterocycles. The monoisotopic (exact) mass is 230 g/mol. The lowest BCUT2D eigenvalue weighted by molar-refractivity contribution is -0.127. The molecule has 3 rings (SSSR count). The number of carbonyl (C=O) groups is 1. The summed E-state index contributed by atoms with van der Waals surface area (Å²) in [7, 11) is 0. The first kappa shape index (κ1) is 10.8. The standard InChI is InChI=1S/C14H18N2O/c1-2-16-9-14(8-13(16)17)11-6-4-3-5-10(11)7-12(14)15/h3-6,12H,2,7-9,15H2,1H3. The maximum atomic E-state index is 12.0. The Balaban J connectivity index is 2.06. The van der Waals surface area contributed by atoms with Crippen LogP contribution in [0.15, 0.2) is 24.3 Å². The van der Waals surface area contributed by atoms with E-state index in [2.05, 4.69) is 24.3 Å². The van der Waals surface area contributed by atoms with Crippen LogP contribution in [0.1, 0.15) is 24.5 Å². The van der Waals surface area contributed by atoms with E-state index >= 15 is 0 Å². The van der Waals surface area contributed by atoms with Gasteiger partial charge in [0.2, 0.25) is 5.91 Å². The minimum atomic E-state index is -0.121. The number of nitrogens with zero attached hydrogens (tertiary/aromatic N) is 1. The second-order valence-corrected chi connectivity index (χ2v) is 5.21. The number of fused-ring (bicyclic) bond motifs is 2. The van der Waals surface area contributed by atoms with Gasteiger partial charge in [-0.15, -0.1) is 0 Å². The van der Waals surface area contributed by atoms with Crippen molar-refractivity contribution in [3.63, 3.8) is 0 Å². The van der Waals surface area contributed by atoms with Crippen molar-refractivity contribution in [1.29, 1.82) is 0 Å². The van der Waals surface area contributed by atoms with E-state index < -0.39 is 0 Å². The number of hydrogen-bond acceptors (Lipinski definition) is 2. The normalized spacial score (nSPS) is 31.3. The van der Waals surface area contributed by atoms with Gasteiger partial charge in [0.15, 0.2) is 0 Å². The van der Waals surface area contributed by atoms with Gasteiger partial charge in [0, 0.05) is 31.0 Å². The van der Waals surface area contributed by atoms with E-state index in [0.29, 0.717) is 6.42 Å². The minimum Gasteiger partial charge on any atom is -0.342 e. The second kappa shape index (κ2) is 3.57. The van der Waals surface area contributed by atoms with Crippen molar-refractivity contribution in [3.05, 3.63) is 35.4 Å². The number of carbonyl (C=O) groups excluding carboxylic acids is 1. The number of nitrogens with two attached hydrogens (primary N) is 1. The van der Waals surface area contributed by atoms with Gasteiger partial charge < -0.3 is 10.6 Å². The van der Waals surface area contributed by atoms with E-state index in [1.165, 1.54) is 11.1 Å². The van der Waals surface area contributed by atoms with Gasteiger partial charge in [-0.3, -0.25) is 4.79 Å². The zero-order chi connectivity index (χ0) is 12.0. The number of likely N-dealkylation sites (N-methyl/N-ethyl adjacent to an activating group) is 1. The molecule has 2 N–H and O–H groups in total. The van der Waals surface area contributed by atoms with Gasteiger partial charge in [0.25, 0.3) is 0 Å². The van der Waals surface area contributed by atoms with Gasteiger partial charge in [-0.05, 0) is 24.5 Å². The van der Waals surface area contributed by atoms with Crippen LogP contribution >= 0.6 is 0 Å². The Bertz CT molecular complexity index is 471. The molecule has 3 nitrogen and oxygen atoms in total. The van der Waals surface area contributed by atoms with E-state index in [4.69, 9.17) is 5.73 Å². The Labute approximate surface area is 102 Å². The third-order valence-electron chi connectivity index (χ3n) is 4.38. The predicted octanol–water partition coefficient (Wildman–Crippen LogP) is 1.06. The molecule has 1 heterocycles. The Morgan fingerprint density at radius 3 is 2.94 bits per heavy atom. The summed E-state index contributed by atoms with van der Waals surface area (Å²) in [4.78, 5) is 13.9. The summed E-state index contributed by atoms with van der Waals surface area (Å²) in [5, 5.41) is 0. The molecule has 1 spiro atoms. The number of likely N-dealkylation sites (tertiary alicyclic amines) is 1. The molecule has 90 valence electrons. The van der Waals surface area contributed by atoms with Crippen molar-refractivity contribution >= 4 is 5.91 Å². The highest BCUT2D eigenvalue weighted by atomic mass is 16.2. The van der Waals surface area contributed by atoms with Crippen molar-refractivity contribution in [1.82, 2.24) is 4.90 Å². The maximum Gasteiger partial charge on any atom is 0.223 e. The molecule has 2 aliphatic rings. The number of amides is 1. The average Bonchev–Trinajstić information content (AvgIpc) is 2.80. The zero-order valence-electron chi connectivity index (χ0n) is 10.1. The lowest BCUT2D eigenvalue weighted by Crippen LogP contribution is -2.44. The Morgan fingerprint density at radius 1 is 1.47 bits per heavy atom. The Morgan fingerprint density at radius 2 is 2.24 bits per heavy atom. The third-order valence-corrected chi connectivity index (χ3v) is 4.38. The SMILES string of the molecule is CCN1CC2(CC1=O)c1ccccc1CC2N. The van der Waals surface area contributed by atoms with Gasteiger partial charge in [-0.1, -0.05) is 24.3 Å². The summed E-state index contributed by atoms with van der Waals surface area (Å²) in [6.45, 7) is 3.61. The van der Waals surface area contributed by atoms with Crippen molar-refractivity contribution < 1.29 is 4.79 Å². The number of rotatable bonds is 1. The molecule has 2 atom stereocenters. The van der Waals surface area contributed by atoms with Crippen LogP contribution in [0.4, 0.5) is 0 Å². The van der Waals surface area contributed by atoms with E-state index in [9.17, 15) is 4.79 Å². The largest absolute Gasteiger partial charge is 0.342 e. The molecular weight excluding hydrogens is 212 g/mol. The van der Waals surface area contributed by atoms with Gasteiger partial charge in [-0.2, -0.15) is 0 Å². The van der Waals surface area contributed by atoms with Gasteiger partial charge >= 0.3 is 0 Å². The Kier molecular flexibility index (Phi) is 2.26. The summed E-state index contributed by atoms with van der Waals surface area (Å²) in [6, 6.07) is 8.48. The van der Waals surface area contributed by atoms with Crippen LogP contribution in [-0.2, 0) is 16.6 Å². The third kappa shape index (κ3) is 1.35. The van der Waals surface area contributed by atoms with Crippen LogP contribution in [0.3, 0.4) is 0 Å². The number of benzene rings is 1. The van der Waals surface area contributed by atoms with E-state index in [0.717, 1.165) is 19.5 Å². The molecule has 2 unspecified atom stereocenters. The zero-order valence-corrected chi connectivity index (χ0v) is 10.1. The summed E-state index contributed by atoms with van der Waals surface area (Å²) in [6.07, 6.45) is 1.49. The molecule has 17 heavy (non-hydrogen) atoms. The highest BCUT2D eigenvalue weighted by molar-refractivity contribution is 5.82. The fraction of sp³-hybridized carbons (Fsp3) is 0.500. The molecule has 0 radical (unpaired) electrons. The lowest BCUT2D eigenvalue weighted by Gasteiger charge is -2.29. The van der Waals surface area contributed by atoms with Crippen LogP contribution in [0, 0.1) is 0 Å². The summed E-state index contributed by atoms with van der Waals surface area (Å²) in [5.41, 5.74) is 8.83. The summed E-state index contributed by atoms with van der Waals surface area (Å²) >= 11 is 0. The van der Waals surface area contributed by atoms with Crippen molar-refractivity contribution in [2.45, 2.75) is 31.2 Å². The first-order chi connectivity index (χ1) is 8.17. The molecule has 0 aromatic heterocycles.